The number of sulfonamides is 1. The lowest BCUT2D eigenvalue weighted by atomic mass is 9.91. The molecule has 2 aliphatic rings. The summed E-state index contributed by atoms with van der Waals surface area (Å²) in [5.74, 6) is 0.428. The van der Waals surface area contributed by atoms with Gasteiger partial charge >= 0.3 is 0 Å². The van der Waals surface area contributed by atoms with E-state index in [0.29, 0.717) is 11.6 Å². The lowest BCUT2D eigenvalue weighted by Crippen LogP contribution is -2.52. The number of nitrogens with one attached hydrogen (secondary N) is 1. The van der Waals surface area contributed by atoms with Crippen LogP contribution >= 0.6 is 22.9 Å². The first-order chi connectivity index (χ1) is 17.2. The highest BCUT2D eigenvalue weighted by Crippen LogP contribution is 2.47. The average molecular weight is 551 g/mol. The molecule has 5 rings (SSSR count). The number of aromatic nitrogens is 1. The summed E-state index contributed by atoms with van der Waals surface area (Å²) in [6.07, 6.45) is 5.31. The Kier molecular flexibility index (Phi) is 6.88. The van der Waals surface area contributed by atoms with Crippen LogP contribution in [0.5, 0.6) is 5.75 Å². The minimum atomic E-state index is -4.16. The molecule has 2 aromatic carbocycles. The first-order valence-electron chi connectivity index (χ1n) is 11.7. The Hall–Kier alpha value is -2.40. The van der Waals surface area contributed by atoms with Gasteiger partial charge in [-0.3, -0.25) is 9.62 Å². The fourth-order valence-electron chi connectivity index (χ4n) is 5.65. The topological polar surface area (TPSA) is 74.8 Å². The van der Waals surface area contributed by atoms with Gasteiger partial charge in [-0.15, -0.1) is 11.3 Å². The Morgan fingerprint density at radius 3 is 2.81 bits per heavy atom. The van der Waals surface area contributed by atoms with E-state index in [1.807, 2.05) is 24.1 Å². The fourth-order valence-corrected chi connectivity index (χ4v) is 7.88. The van der Waals surface area contributed by atoms with Gasteiger partial charge in [0.15, 0.2) is 5.13 Å². The van der Waals surface area contributed by atoms with Gasteiger partial charge in [-0.2, -0.15) is 0 Å². The number of hydrogen-bond acceptors (Lipinski definition) is 7. The van der Waals surface area contributed by atoms with E-state index in [9.17, 15) is 8.42 Å². The van der Waals surface area contributed by atoms with Crippen LogP contribution in [0.1, 0.15) is 24.8 Å². The normalized spacial score (nSPS) is 21.9. The van der Waals surface area contributed by atoms with Crippen molar-refractivity contribution in [3.8, 4) is 5.75 Å². The van der Waals surface area contributed by atoms with Crippen molar-refractivity contribution in [3.05, 3.63) is 64.4 Å². The molecule has 2 saturated heterocycles. The molecular weight excluding hydrogens is 523 g/mol. The third-order valence-corrected chi connectivity index (χ3v) is 9.78. The van der Waals surface area contributed by atoms with Crippen LogP contribution < -0.4 is 14.4 Å². The van der Waals surface area contributed by atoms with E-state index in [4.69, 9.17) is 16.3 Å². The zero-order valence-electron chi connectivity index (χ0n) is 20.1. The van der Waals surface area contributed by atoms with Gasteiger partial charge in [-0.1, -0.05) is 23.7 Å². The quantitative estimate of drug-likeness (QED) is 0.414. The summed E-state index contributed by atoms with van der Waals surface area (Å²) in [5.41, 5.74) is 1.46. The maximum atomic E-state index is 15.2. The molecule has 0 spiro atoms. The second-order valence-corrected chi connectivity index (χ2v) is 12.3. The van der Waals surface area contributed by atoms with Crippen molar-refractivity contribution in [2.24, 2.45) is 5.92 Å². The summed E-state index contributed by atoms with van der Waals surface area (Å²) in [4.78, 5) is 7.92. The van der Waals surface area contributed by atoms with Crippen LogP contribution in [-0.4, -0.2) is 51.2 Å². The van der Waals surface area contributed by atoms with Crippen molar-refractivity contribution in [1.82, 2.24) is 9.88 Å². The van der Waals surface area contributed by atoms with Gasteiger partial charge in [-0.05, 0) is 55.4 Å². The molecule has 1 aromatic heterocycles. The average Bonchev–Trinajstić information content (AvgIpc) is 3.57. The molecule has 0 bridgehead atoms. The van der Waals surface area contributed by atoms with Gasteiger partial charge in [0.25, 0.3) is 10.0 Å². The van der Waals surface area contributed by atoms with Gasteiger partial charge in [0.2, 0.25) is 0 Å². The van der Waals surface area contributed by atoms with Crippen molar-refractivity contribution in [2.45, 2.75) is 36.2 Å². The molecule has 2 aliphatic heterocycles. The first-order valence-corrected chi connectivity index (χ1v) is 14.5. The summed E-state index contributed by atoms with van der Waals surface area (Å²) in [7, 11) is -0.577. The third-order valence-electron chi connectivity index (χ3n) is 7.30. The molecule has 2 atom stereocenters. The van der Waals surface area contributed by atoms with Crippen LogP contribution in [0.2, 0.25) is 5.02 Å². The summed E-state index contributed by atoms with van der Waals surface area (Å²) < 4.78 is 48.4. The number of halogens is 2. The zero-order valence-corrected chi connectivity index (χ0v) is 22.5. The summed E-state index contributed by atoms with van der Waals surface area (Å²) in [6, 6.07) is 10.6. The number of hydrogen-bond donors (Lipinski definition) is 1. The SMILES string of the molecule is COc1ccc(C[C@H]2CN3CCC[C@]3(N(C)c3cc(F)c(S(=O)(=O)Nc4nccs4)cc3Cl)C2)cc1. The number of ether oxygens (including phenoxy) is 1. The zero-order chi connectivity index (χ0) is 25.5. The second-order valence-electron chi connectivity index (χ2n) is 9.39. The number of fused-ring (bicyclic) bond motifs is 1. The van der Waals surface area contributed by atoms with Crippen molar-refractivity contribution in [1.29, 1.82) is 0 Å². The van der Waals surface area contributed by atoms with Crippen LogP contribution in [0.3, 0.4) is 0 Å². The monoisotopic (exact) mass is 550 g/mol. The minimum absolute atomic E-state index is 0.168. The third kappa shape index (κ3) is 4.67. The maximum Gasteiger partial charge on any atom is 0.266 e. The molecule has 2 fully saturated rings. The molecule has 0 aliphatic carbocycles. The Morgan fingerprint density at radius 1 is 1.33 bits per heavy atom. The highest BCUT2D eigenvalue weighted by atomic mass is 35.5. The molecule has 0 unspecified atom stereocenters. The van der Waals surface area contributed by atoms with Crippen LogP contribution in [0.4, 0.5) is 15.2 Å². The number of anilines is 2. The van der Waals surface area contributed by atoms with E-state index in [2.05, 4.69) is 26.7 Å². The predicted molar refractivity (Wildman–Crippen MR) is 141 cm³/mol. The molecule has 1 N–H and O–H groups in total. The van der Waals surface area contributed by atoms with Gasteiger partial charge in [0.1, 0.15) is 16.5 Å². The first kappa shape index (κ1) is 25.3. The van der Waals surface area contributed by atoms with Gasteiger partial charge < -0.3 is 9.64 Å². The predicted octanol–water partition coefficient (Wildman–Crippen LogP) is 5.24. The van der Waals surface area contributed by atoms with Crippen molar-refractivity contribution >= 4 is 43.8 Å². The molecular formula is C25H28ClFN4O3S2. The van der Waals surface area contributed by atoms with Crippen molar-refractivity contribution in [2.75, 3.05) is 36.9 Å². The molecule has 192 valence electrons. The molecule has 11 heteroatoms. The van der Waals surface area contributed by atoms with Crippen LogP contribution in [0.15, 0.2) is 52.9 Å². The van der Waals surface area contributed by atoms with Crippen molar-refractivity contribution < 1.29 is 17.5 Å². The van der Waals surface area contributed by atoms with E-state index < -0.39 is 20.7 Å². The number of benzene rings is 2. The number of nitrogens with zero attached hydrogens (tertiary/aromatic N) is 3. The number of thiazole rings is 1. The maximum absolute atomic E-state index is 15.2. The lowest BCUT2D eigenvalue weighted by Gasteiger charge is -2.43. The molecule has 3 heterocycles. The van der Waals surface area contributed by atoms with E-state index >= 15 is 4.39 Å². The van der Waals surface area contributed by atoms with Gasteiger partial charge in [0.05, 0.1) is 23.5 Å². The van der Waals surface area contributed by atoms with Crippen molar-refractivity contribution in [3.63, 3.8) is 0 Å². The smallest absolute Gasteiger partial charge is 0.266 e. The highest BCUT2D eigenvalue weighted by molar-refractivity contribution is 7.93. The highest BCUT2D eigenvalue weighted by Gasteiger charge is 2.51. The van der Waals surface area contributed by atoms with Gasteiger partial charge in [0, 0.05) is 37.8 Å². The second kappa shape index (κ2) is 9.81. The van der Waals surface area contributed by atoms with Crippen LogP contribution in [-0.2, 0) is 16.4 Å². The lowest BCUT2D eigenvalue weighted by molar-refractivity contribution is 0.194. The van der Waals surface area contributed by atoms with Crippen LogP contribution in [0.25, 0.3) is 0 Å². The summed E-state index contributed by atoms with van der Waals surface area (Å²) in [5, 5.41) is 1.99. The Bertz CT molecular complexity index is 1340. The molecule has 0 radical (unpaired) electrons. The number of rotatable bonds is 8. The Balaban J connectivity index is 1.38. The summed E-state index contributed by atoms with van der Waals surface area (Å²) in [6.45, 7) is 1.91. The number of methoxy groups -OCH3 is 1. The molecule has 3 aromatic rings. The van der Waals surface area contributed by atoms with E-state index in [0.717, 1.165) is 55.9 Å². The Morgan fingerprint density at radius 2 is 2.11 bits per heavy atom. The van der Waals surface area contributed by atoms with E-state index in [1.54, 1.807) is 12.5 Å². The standard InChI is InChI=1S/C25H28ClFN4O3S2/c1-30(22-14-21(27)23(13-20(22)26)36(32,33)29-24-28-9-11-35-24)25-8-3-10-31(25)16-18(15-25)12-17-4-6-19(34-2)7-5-17/h4-7,9,11,13-14,18H,3,8,10,12,15-16H2,1-2H3,(H,28,29)/t18-,25-/m1/s1. The van der Waals surface area contributed by atoms with E-state index in [-0.39, 0.29) is 15.8 Å². The fraction of sp³-hybridized carbons (Fsp3) is 0.400. The van der Waals surface area contributed by atoms with Gasteiger partial charge in [-0.25, -0.2) is 17.8 Å². The molecule has 0 amide bonds. The van der Waals surface area contributed by atoms with Crippen LogP contribution in [0, 0.1) is 11.7 Å². The van der Waals surface area contributed by atoms with E-state index in [1.165, 1.54) is 23.9 Å². The summed E-state index contributed by atoms with van der Waals surface area (Å²) >= 11 is 7.71. The molecule has 7 nitrogen and oxygen atoms in total. The minimum Gasteiger partial charge on any atom is -0.497 e. The molecule has 36 heavy (non-hydrogen) atoms. The Labute approximate surface area is 219 Å². The largest absolute Gasteiger partial charge is 0.497 e. The molecule has 0 saturated carbocycles.